The van der Waals surface area contributed by atoms with Crippen LogP contribution in [0.1, 0.15) is 35.6 Å². The summed E-state index contributed by atoms with van der Waals surface area (Å²) in [6, 6.07) is 13.3. The number of sulfonamides is 1. The molecule has 0 radical (unpaired) electrons. The zero-order chi connectivity index (χ0) is 33.6. The molecule has 46 heavy (non-hydrogen) atoms. The summed E-state index contributed by atoms with van der Waals surface area (Å²) in [5.74, 6) is -1.82. The Balaban J connectivity index is 1.49. The zero-order valence-corrected chi connectivity index (χ0v) is 26.7. The number of halogens is 5. The molecule has 0 spiro atoms. The predicted octanol–water partition coefficient (Wildman–Crippen LogP) is 5.77. The van der Waals surface area contributed by atoms with E-state index in [9.17, 15) is 35.6 Å². The number of anilines is 1. The highest BCUT2D eigenvalue weighted by atomic mass is 35.5. The molecule has 10 nitrogen and oxygen atoms in total. The lowest BCUT2D eigenvalue weighted by molar-refractivity contribution is -0.137. The van der Waals surface area contributed by atoms with Crippen molar-refractivity contribution >= 4 is 50.9 Å². The lowest BCUT2D eigenvalue weighted by Gasteiger charge is -2.18. The van der Waals surface area contributed by atoms with Gasteiger partial charge in [0.05, 0.1) is 33.5 Å². The summed E-state index contributed by atoms with van der Waals surface area (Å²) in [7, 11) is -3.70. The van der Waals surface area contributed by atoms with Gasteiger partial charge in [-0.3, -0.25) is 14.2 Å². The Morgan fingerprint density at radius 2 is 1.63 bits per heavy atom. The number of nitrogens with one attached hydrogen (secondary N) is 2. The van der Waals surface area contributed by atoms with Gasteiger partial charge in [-0.25, -0.2) is 12.8 Å². The van der Waals surface area contributed by atoms with Crippen molar-refractivity contribution in [3.8, 4) is 5.69 Å². The molecule has 0 bridgehead atoms. The Kier molecular flexibility index (Phi) is 11.1. The van der Waals surface area contributed by atoms with E-state index in [2.05, 4.69) is 20.8 Å². The number of carbonyl (C=O) groups excluding carboxylic acids is 2. The van der Waals surface area contributed by atoms with E-state index in [-0.39, 0.29) is 44.4 Å². The van der Waals surface area contributed by atoms with Crippen LogP contribution in [0, 0.1) is 5.82 Å². The fourth-order valence-electron chi connectivity index (χ4n) is 4.22. The van der Waals surface area contributed by atoms with Crippen LogP contribution in [0.3, 0.4) is 0 Å². The van der Waals surface area contributed by atoms with Gasteiger partial charge in [-0.2, -0.15) is 17.5 Å². The predicted molar refractivity (Wildman–Crippen MR) is 165 cm³/mol. The van der Waals surface area contributed by atoms with Crippen LogP contribution in [0.4, 0.5) is 23.2 Å². The molecule has 4 rings (SSSR count). The first kappa shape index (κ1) is 34.9. The van der Waals surface area contributed by atoms with Crippen LogP contribution in [0.25, 0.3) is 5.69 Å². The molecule has 0 aliphatic carbocycles. The maximum atomic E-state index is 13.7. The third-order valence-corrected chi connectivity index (χ3v) is 9.87. The first-order valence-electron chi connectivity index (χ1n) is 13.6. The highest BCUT2D eigenvalue weighted by Crippen LogP contribution is 2.34. The second-order valence-electron chi connectivity index (χ2n) is 9.54. The van der Waals surface area contributed by atoms with Crippen LogP contribution in [0.5, 0.6) is 0 Å². The molecule has 2 amide bonds. The van der Waals surface area contributed by atoms with Crippen LogP contribution < -0.4 is 10.6 Å². The zero-order valence-electron chi connectivity index (χ0n) is 24.3. The first-order chi connectivity index (χ1) is 21.7. The molecule has 1 heterocycles. The fourth-order valence-corrected chi connectivity index (χ4v) is 6.62. The molecule has 4 aromatic rings. The van der Waals surface area contributed by atoms with Crippen molar-refractivity contribution in [1.29, 1.82) is 0 Å². The second-order valence-corrected chi connectivity index (χ2v) is 12.8. The molecule has 2 N–H and O–H groups in total. The molecule has 0 atom stereocenters. The average molecular weight is 699 g/mol. The maximum absolute atomic E-state index is 13.7. The van der Waals surface area contributed by atoms with E-state index < -0.39 is 39.4 Å². The minimum Gasteiger partial charge on any atom is -0.345 e. The van der Waals surface area contributed by atoms with Crippen molar-refractivity contribution in [2.75, 3.05) is 24.2 Å². The van der Waals surface area contributed by atoms with Gasteiger partial charge in [-0.1, -0.05) is 37.2 Å². The standard InChI is InChI=1S/C29H27ClF4N6O4S2/c1-3-39(4-2)46(43,44)22-12-5-18(6-13-22)27(42)35-16-25-37-38-28(40(25)21-10-8-20(31)9-11-21)45-17-26(41)36-24-15-19(29(32,33)34)7-14-23(24)30/h5-15H,3-4,16-17H2,1-2H3,(H,35,42)(H,36,41). The van der Waals surface area contributed by atoms with E-state index in [0.29, 0.717) is 18.8 Å². The van der Waals surface area contributed by atoms with Crippen molar-refractivity contribution in [3.05, 3.63) is 94.5 Å². The Bertz CT molecular complexity index is 1810. The topological polar surface area (TPSA) is 126 Å². The molecule has 0 aliphatic rings. The van der Waals surface area contributed by atoms with Gasteiger partial charge in [0, 0.05) is 24.3 Å². The minimum atomic E-state index is -4.63. The molecule has 0 aliphatic heterocycles. The molecule has 0 saturated heterocycles. The largest absolute Gasteiger partial charge is 0.416 e. The number of benzene rings is 3. The number of aromatic nitrogens is 3. The van der Waals surface area contributed by atoms with Crippen molar-refractivity contribution in [3.63, 3.8) is 0 Å². The van der Waals surface area contributed by atoms with E-state index in [1.54, 1.807) is 13.8 Å². The highest BCUT2D eigenvalue weighted by Gasteiger charge is 2.31. The van der Waals surface area contributed by atoms with E-state index in [0.717, 1.165) is 30.0 Å². The Hall–Kier alpha value is -3.99. The smallest absolute Gasteiger partial charge is 0.345 e. The Morgan fingerprint density at radius 3 is 2.24 bits per heavy atom. The SMILES string of the molecule is CCN(CC)S(=O)(=O)c1ccc(C(=O)NCc2nnc(SCC(=O)Nc3cc(C(F)(F)F)ccc3Cl)n2-c2ccc(F)cc2)cc1. The molecule has 17 heteroatoms. The molecular formula is C29H27ClF4N6O4S2. The van der Waals surface area contributed by atoms with Crippen LogP contribution in [-0.2, 0) is 27.5 Å². The highest BCUT2D eigenvalue weighted by molar-refractivity contribution is 7.99. The Morgan fingerprint density at radius 1 is 0.978 bits per heavy atom. The summed E-state index contributed by atoms with van der Waals surface area (Å²) in [6.07, 6.45) is -4.63. The lowest BCUT2D eigenvalue weighted by atomic mass is 10.2. The van der Waals surface area contributed by atoms with Gasteiger partial charge in [0.25, 0.3) is 5.91 Å². The van der Waals surface area contributed by atoms with Crippen LogP contribution in [-0.4, -0.2) is 58.1 Å². The van der Waals surface area contributed by atoms with E-state index in [1.807, 2.05) is 0 Å². The fraction of sp³-hybridized carbons (Fsp3) is 0.241. The minimum absolute atomic E-state index is 0.0461. The molecular weight excluding hydrogens is 672 g/mol. The summed E-state index contributed by atoms with van der Waals surface area (Å²) in [5.41, 5.74) is -0.608. The first-order valence-corrected chi connectivity index (χ1v) is 16.4. The van der Waals surface area contributed by atoms with Gasteiger partial charge in [-0.05, 0) is 66.7 Å². The van der Waals surface area contributed by atoms with Crippen molar-refractivity contribution in [2.45, 2.75) is 36.6 Å². The monoisotopic (exact) mass is 698 g/mol. The molecule has 1 aromatic heterocycles. The van der Waals surface area contributed by atoms with Crippen LogP contribution in [0.2, 0.25) is 5.02 Å². The van der Waals surface area contributed by atoms with E-state index >= 15 is 0 Å². The van der Waals surface area contributed by atoms with Gasteiger partial charge in [0.2, 0.25) is 15.9 Å². The van der Waals surface area contributed by atoms with Gasteiger partial charge >= 0.3 is 6.18 Å². The summed E-state index contributed by atoms with van der Waals surface area (Å²) in [4.78, 5) is 25.6. The van der Waals surface area contributed by atoms with E-state index in [4.69, 9.17) is 11.6 Å². The molecule has 3 aromatic carbocycles. The normalized spacial score (nSPS) is 11.9. The molecule has 0 unspecified atom stereocenters. The quantitative estimate of drug-likeness (QED) is 0.142. The molecule has 0 fully saturated rings. The summed E-state index contributed by atoms with van der Waals surface area (Å²) < 4.78 is 81.3. The van der Waals surface area contributed by atoms with Crippen LogP contribution in [0.15, 0.2) is 76.8 Å². The third-order valence-electron chi connectivity index (χ3n) is 6.55. The number of thioether (sulfide) groups is 1. The van der Waals surface area contributed by atoms with Crippen molar-refractivity contribution in [1.82, 2.24) is 24.4 Å². The molecule has 244 valence electrons. The maximum Gasteiger partial charge on any atom is 0.416 e. The van der Waals surface area contributed by atoms with Gasteiger partial charge in [0.1, 0.15) is 5.82 Å². The Labute approximate surface area is 271 Å². The van der Waals surface area contributed by atoms with Crippen molar-refractivity contribution in [2.24, 2.45) is 0 Å². The number of alkyl halides is 3. The summed E-state index contributed by atoms with van der Waals surface area (Å²) >= 11 is 6.87. The number of hydrogen-bond acceptors (Lipinski definition) is 7. The summed E-state index contributed by atoms with van der Waals surface area (Å²) in [6.45, 7) is 3.89. The van der Waals surface area contributed by atoms with Gasteiger partial charge in [0.15, 0.2) is 11.0 Å². The lowest BCUT2D eigenvalue weighted by Crippen LogP contribution is -2.30. The molecule has 0 saturated carbocycles. The third kappa shape index (κ3) is 8.23. The number of carbonyl (C=O) groups is 2. The average Bonchev–Trinajstić information content (AvgIpc) is 3.43. The van der Waals surface area contributed by atoms with Crippen LogP contribution >= 0.6 is 23.4 Å². The van der Waals surface area contributed by atoms with E-state index in [1.165, 1.54) is 57.4 Å². The number of hydrogen-bond donors (Lipinski definition) is 2. The number of nitrogens with zero attached hydrogens (tertiary/aromatic N) is 4. The van der Waals surface area contributed by atoms with Gasteiger partial charge < -0.3 is 10.6 Å². The summed E-state index contributed by atoms with van der Waals surface area (Å²) in [5, 5.41) is 13.3. The second kappa shape index (κ2) is 14.6. The van der Waals surface area contributed by atoms with Gasteiger partial charge in [-0.15, -0.1) is 10.2 Å². The number of amides is 2. The van der Waals surface area contributed by atoms with Crippen molar-refractivity contribution < 1.29 is 35.6 Å². The number of rotatable bonds is 12.